The van der Waals surface area contributed by atoms with Gasteiger partial charge < -0.3 is 10.2 Å². The molecule has 2 aromatic carbocycles. The van der Waals surface area contributed by atoms with Crippen molar-refractivity contribution in [2.24, 2.45) is 0 Å². The van der Waals surface area contributed by atoms with Gasteiger partial charge in [0.15, 0.2) is 0 Å². The first-order valence-corrected chi connectivity index (χ1v) is 11.8. The van der Waals surface area contributed by atoms with Gasteiger partial charge in [-0.05, 0) is 47.7 Å². The summed E-state index contributed by atoms with van der Waals surface area (Å²) < 4.78 is 2.61. The average molecular weight is 475 g/mol. The highest BCUT2D eigenvalue weighted by Gasteiger charge is 2.22. The largest absolute Gasteiger partial charge is 0.354 e. The van der Waals surface area contributed by atoms with Crippen molar-refractivity contribution in [2.75, 3.05) is 18.5 Å². The van der Waals surface area contributed by atoms with Crippen LogP contribution in [0.4, 0.5) is 5.69 Å². The van der Waals surface area contributed by atoms with Crippen molar-refractivity contribution in [3.05, 3.63) is 91.3 Å². The number of thiophene rings is 1. The number of amides is 2. The monoisotopic (exact) mass is 474 g/mol. The Morgan fingerprint density at radius 2 is 1.79 bits per heavy atom. The first-order valence-electron chi connectivity index (χ1n) is 10.9. The first-order chi connectivity index (χ1) is 16.5. The second-order valence-corrected chi connectivity index (χ2v) is 8.97. The number of anilines is 1. The third-order valence-electron chi connectivity index (χ3n) is 6.03. The fraction of sp³-hybridized carbons (Fsp3) is 0.200. The molecule has 34 heavy (non-hydrogen) atoms. The summed E-state index contributed by atoms with van der Waals surface area (Å²) in [5, 5.41) is 4.63. The van der Waals surface area contributed by atoms with Gasteiger partial charge >= 0.3 is 5.69 Å². The summed E-state index contributed by atoms with van der Waals surface area (Å²) in [5.41, 5.74) is 1.48. The lowest BCUT2D eigenvalue weighted by Gasteiger charge is -2.17. The summed E-state index contributed by atoms with van der Waals surface area (Å²) >= 11 is 1.17. The van der Waals surface area contributed by atoms with Gasteiger partial charge in [0, 0.05) is 25.7 Å². The average Bonchev–Trinajstić information content (AvgIpc) is 3.51. The lowest BCUT2D eigenvalue weighted by molar-refractivity contribution is -0.117. The van der Waals surface area contributed by atoms with Crippen LogP contribution in [0.5, 0.6) is 0 Å². The van der Waals surface area contributed by atoms with E-state index in [1.54, 1.807) is 40.6 Å². The molecule has 0 spiro atoms. The van der Waals surface area contributed by atoms with Gasteiger partial charge in [-0.1, -0.05) is 24.3 Å². The maximum absolute atomic E-state index is 13.6. The minimum absolute atomic E-state index is 0.115. The highest BCUT2D eigenvalue weighted by molar-refractivity contribution is 7.12. The molecule has 4 aromatic rings. The Kier molecular flexibility index (Phi) is 5.62. The van der Waals surface area contributed by atoms with Crippen LogP contribution < -0.4 is 21.5 Å². The van der Waals surface area contributed by atoms with Crippen LogP contribution in [0.1, 0.15) is 28.1 Å². The zero-order chi connectivity index (χ0) is 23.8. The van der Waals surface area contributed by atoms with Gasteiger partial charge in [0.1, 0.15) is 4.88 Å². The van der Waals surface area contributed by atoms with Crippen molar-refractivity contribution in [3.8, 4) is 5.69 Å². The number of hydrogen-bond donors (Lipinski definition) is 1. The maximum Gasteiger partial charge on any atom is 0.336 e. The van der Waals surface area contributed by atoms with E-state index in [1.165, 1.54) is 23.0 Å². The molecule has 5 rings (SSSR count). The quantitative estimate of drug-likeness (QED) is 0.481. The molecule has 1 saturated heterocycles. The molecule has 0 unspecified atom stereocenters. The Bertz CT molecular complexity index is 1530. The maximum atomic E-state index is 13.6. The standard InChI is InChI=1S/C25H22N4O4S/c1-26-23(31)22-20(12-14-34-22)29-24(32)18-5-2-3-6-19(18)28(25(29)33)15-16-8-10-17(11-9-16)27-13-4-7-21(27)30/h2-3,5-6,8-12,14H,4,7,13,15H2,1H3,(H,26,31). The summed E-state index contributed by atoms with van der Waals surface area (Å²) in [5.74, 6) is -0.243. The molecular weight excluding hydrogens is 452 g/mol. The minimum atomic E-state index is -0.522. The summed E-state index contributed by atoms with van der Waals surface area (Å²) in [7, 11) is 1.51. The Morgan fingerprint density at radius 1 is 1.03 bits per heavy atom. The number of nitrogens with zero attached hydrogens (tertiary/aromatic N) is 3. The molecule has 0 atom stereocenters. The van der Waals surface area contributed by atoms with E-state index in [1.807, 2.05) is 24.3 Å². The second kappa shape index (κ2) is 8.75. The number of carbonyl (C=O) groups excluding carboxylic acids is 2. The van der Waals surface area contributed by atoms with E-state index in [9.17, 15) is 19.2 Å². The molecule has 3 heterocycles. The summed E-state index contributed by atoms with van der Waals surface area (Å²) in [6, 6.07) is 16.1. The number of para-hydroxylation sites is 1. The van der Waals surface area contributed by atoms with Crippen LogP contribution in [0.2, 0.25) is 0 Å². The molecule has 172 valence electrons. The smallest absolute Gasteiger partial charge is 0.336 e. The molecule has 0 bridgehead atoms. The first kappa shape index (κ1) is 21.8. The Labute approximate surface area is 198 Å². The number of rotatable bonds is 5. The zero-order valence-corrected chi connectivity index (χ0v) is 19.3. The molecule has 0 radical (unpaired) electrons. The van der Waals surface area contributed by atoms with Crippen molar-refractivity contribution in [2.45, 2.75) is 19.4 Å². The van der Waals surface area contributed by atoms with Gasteiger partial charge in [0.25, 0.3) is 11.5 Å². The fourth-order valence-electron chi connectivity index (χ4n) is 4.33. The van der Waals surface area contributed by atoms with Gasteiger partial charge in [-0.15, -0.1) is 11.3 Å². The fourth-order valence-corrected chi connectivity index (χ4v) is 5.16. The second-order valence-electron chi connectivity index (χ2n) is 8.06. The van der Waals surface area contributed by atoms with E-state index >= 15 is 0 Å². The molecule has 1 aliphatic rings. The van der Waals surface area contributed by atoms with E-state index in [0.29, 0.717) is 28.7 Å². The van der Waals surface area contributed by atoms with Crippen LogP contribution in [0.25, 0.3) is 16.6 Å². The van der Waals surface area contributed by atoms with Crippen LogP contribution >= 0.6 is 11.3 Å². The van der Waals surface area contributed by atoms with Crippen molar-refractivity contribution in [3.63, 3.8) is 0 Å². The minimum Gasteiger partial charge on any atom is -0.354 e. The molecule has 9 heteroatoms. The summed E-state index contributed by atoms with van der Waals surface area (Å²) in [4.78, 5) is 53.4. The summed E-state index contributed by atoms with van der Waals surface area (Å²) in [6.07, 6.45) is 1.41. The molecule has 2 aromatic heterocycles. The molecule has 0 aliphatic carbocycles. The van der Waals surface area contributed by atoms with E-state index in [-0.39, 0.29) is 24.0 Å². The van der Waals surface area contributed by atoms with Crippen LogP contribution in [0.15, 0.2) is 69.6 Å². The Balaban J connectivity index is 1.63. The lowest BCUT2D eigenvalue weighted by Crippen LogP contribution is -2.40. The van der Waals surface area contributed by atoms with Crippen molar-refractivity contribution >= 4 is 39.7 Å². The normalized spacial score (nSPS) is 13.6. The highest BCUT2D eigenvalue weighted by atomic mass is 32.1. The van der Waals surface area contributed by atoms with Crippen LogP contribution in [0, 0.1) is 0 Å². The van der Waals surface area contributed by atoms with Crippen molar-refractivity contribution < 1.29 is 9.59 Å². The Morgan fingerprint density at radius 3 is 2.50 bits per heavy atom. The van der Waals surface area contributed by atoms with Gasteiger partial charge in [0.2, 0.25) is 5.91 Å². The van der Waals surface area contributed by atoms with E-state index in [4.69, 9.17) is 0 Å². The van der Waals surface area contributed by atoms with Gasteiger partial charge in [-0.25, -0.2) is 9.36 Å². The zero-order valence-electron chi connectivity index (χ0n) is 18.5. The van der Waals surface area contributed by atoms with Crippen molar-refractivity contribution in [1.82, 2.24) is 14.5 Å². The SMILES string of the molecule is CNC(=O)c1sccc1-n1c(=O)c2ccccc2n(Cc2ccc(N3CCCC3=O)cc2)c1=O. The predicted molar refractivity (Wildman–Crippen MR) is 132 cm³/mol. The molecule has 1 N–H and O–H groups in total. The Hall–Kier alpha value is -3.98. The van der Waals surface area contributed by atoms with E-state index in [2.05, 4.69) is 5.32 Å². The van der Waals surface area contributed by atoms with Crippen molar-refractivity contribution in [1.29, 1.82) is 0 Å². The number of fused-ring (bicyclic) bond motifs is 1. The third-order valence-corrected chi connectivity index (χ3v) is 6.93. The topological polar surface area (TPSA) is 93.4 Å². The molecule has 0 saturated carbocycles. The predicted octanol–water partition coefficient (Wildman–Crippen LogP) is 2.75. The van der Waals surface area contributed by atoms with Gasteiger partial charge in [-0.2, -0.15) is 0 Å². The summed E-state index contributed by atoms with van der Waals surface area (Å²) in [6.45, 7) is 0.939. The number of aromatic nitrogens is 2. The molecule has 8 nitrogen and oxygen atoms in total. The number of nitrogens with one attached hydrogen (secondary N) is 1. The number of hydrogen-bond acceptors (Lipinski definition) is 5. The number of carbonyl (C=O) groups is 2. The molecule has 1 aliphatic heterocycles. The number of benzene rings is 2. The van der Waals surface area contributed by atoms with Crippen LogP contribution in [0.3, 0.4) is 0 Å². The molecule has 1 fully saturated rings. The van der Waals surface area contributed by atoms with E-state index in [0.717, 1.165) is 22.2 Å². The van der Waals surface area contributed by atoms with Crippen LogP contribution in [-0.4, -0.2) is 34.5 Å². The van der Waals surface area contributed by atoms with E-state index < -0.39 is 11.2 Å². The molecule has 2 amide bonds. The van der Waals surface area contributed by atoms with Gasteiger partial charge in [0.05, 0.1) is 23.1 Å². The lowest BCUT2D eigenvalue weighted by atomic mass is 10.1. The van der Waals surface area contributed by atoms with Crippen LogP contribution in [-0.2, 0) is 11.3 Å². The molecular formula is C25H22N4O4S. The highest BCUT2D eigenvalue weighted by Crippen LogP contribution is 2.23. The van der Waals surface area contributed by atoms with Gasteiger partial charge in [-0.3, -0.25) is 19.0 Å². The third kappa shape index (κ3) is 3.63.